The van der Waals surface area contributed by atoms with E-state index in [2.05, 4.69) is 10.6 Å². The Kier molecular flexibility index (Phi) is 8.30. The van der Waals surface area contributed by atoms with Crippen LogP contribution in [0.2, 0.25) is 0 Å². The topological polar surface area (TPSA) is 103 Å². The van der Waals surface area contributed by atoms with Gasteiger partial charge in [0.15, 0.2) is 0 Å². The van der Waals surface area contributed by atoms with E-state index >= 15 is 0 Å². The zero-order valence-corrected chi connectivity index (χ0v) is 14.9. The molecule has 0 saturated carbocycles. The van der Waals surface area contributed by atoms with Crippen molar-refractivity contribution < 1.29 is 23.5 Å². The Morgan fingerprint density at radius 2 is 1.52 bits per heavy atom. The summed E-state index contributed by atoms with van der Waals surface area (Å²) in [6, 6.07) is -0.583. The molecule has 0 fully saturated rings. The van der Waals surface area contributed by atoms with Gasteiger partial charge in [0.25, 0.3) is 0 Å². The third-order valence-corrected chi connectivity index (χ3v) is 2.41. The van der Waals surface area contributed by atoms with Crippen molar-refractivity contribution in [3.63, 3.8) is 0 Å². The average Bonchev–Trinajstić information content (AvgIpc) is 2.31. The van der Waals surface area contributed by atoms with E-state index < -0.39 is 35.6 Å². The fourth-order valence-corrected chi connectivity index (χ4v) is 1.59. The second kappa shape index (κ2) is 8.90. The SMILES string of the molecule is CC(C)(C)OC(=O)NCC(F)C[C@H](CN)NC(=O)OC(C)(C)C. The van der Waals surface area contributed by atoms with Crippen molar-refractivity contribution in [2.75, 3.05) is 13.1 Å². The second-order valence-corrected chi connectivity index (χ2v) is 7.29. The maximum atomic E-state index is 13.9. The van der Waals surface area contributed by atoms with E-state index in [1.165, 1.54) is 0 Å². The number of alkyl carbamates (subject to hydrolysis) is 2. The first-order chi connectivity index (χ1) is 10.3. The average molecular weight is 335 g/mol. The quantitative estimate of drug-likeness (QED) is 0.690. The second-order valence-electron chi connectivity index (χ2n) is 7.29. The summed E-state index contributed by atoms with van der Waals surface area (Å²) in [5, 5.41) is 4.85. The van der Waals surface area contributed by atoms with Crippen LogP contribution in [-0.4, -0.2) is 48.7 Å². The molecule has 0 bridgehead atoms. The van der Waals surface area contributed by atoms with Crippen molar-refractivity contribution in [2.45, 2.75) is 71.4 Å². The fourth-order valence-electron chi connectivity index (χ4n) is 1.59. The molecule has 0 heterocycles. The summed E-state index contributed by atoms with van der Waals surface area (Å²) in [4.78, 5) is 23.1. The number of hydrogen-bond donors (Lipinski definition) is 3. The van der Waals surface area contributed by atoms with E-state index in [-0.39, 0.29) is 19.5 Å². The molecule has 0 rings (SSSR count). The minimum absolute atomic E-state index is 0.0362. The van der Waals surface area contributed by atoms with E-state index in [1.54, 1.807) is 41.5 Å². The van der Waals surface area contributed by atoms with Gasteiger partial charge in [-0.1, -0.05) is 0 Å². The maximum absolute atomic E-state index is 13.9. The summed E-state index contributed by atoms with van der Waals surface area (Å²) in [6.07, 6.45) is -2.75. The van der Waals surface area contributed by atoms with Gasteiger partial charge < -0.3 is 25.8 Å². The van der Waals surface area contributed by atoms with Crippen LogP contribution in [0.4, 0.5) is 14.0 Å². The van der Waals surface area contributed by atoms with Crippen LogP contribution in [0.5, 0.6) is 0 Å². The normalized spacial score (nSPS) is 14.6. The van der Waals surface area contributed by atoms with Gasteiger partial charge in [-0.15, -0.1) is 0 Å². The van der Waals surface area contributed by atoms with Crippen LogP contribution in [0, 0.1) is 0 Å². The van der Waals surface area contributed by atoms with Crippen LogP contribution in [0.25, 0.3) is 0 Å². The van der Waals surface area contributed by atoms with Crippen molar-refractivity contribution in [3.05, 3.63) is 0 Å². The highest BCUT2D eigenvalue weighted by Crippen LogP contribution is 2.09. The molecule has 0 aliphatic rings. The molecule has 0 spiro atoms. The van der Waals surface area contributed by atoms with Gasteiger partial charge in [0.05, 0.1) is 6.54 Å². The van der Waals surface area contributed by atoms with E-state index in [9.17, 15) is 14.0 Å². The lowest BCUT2D eigenvalue weighted by Gasteiger charge is -2.24. The summed E-state index contributed by atoms with van der Waals surface area (Å²) in [7, 11) is 0. The maximum Gasteiger partial charge on any atom is 0.407 e. The van der Waals surface area contributed by atoms with E-state index in [0.29, 0.717) is 0 Å². The van der Waals surface area contributed by atoms with Gasteiger partial charge in [-0.25, -0.2) is 14.0 Å². The van der Waals surface area contributed by atoms with Crippen molar-refractivity contribution >= 4 is 12.2 Å². The number of amides is 2. The van der Waals surface area contributed by atoms with Crippen LogP contribution < -0.4 is 16.4 Å². The summed E-state index contributed by atoms with van der Waals surface area (Å²) in [5.41, 5.74) is 4.24. The number of hydrogen-bond acceptors (Lipinski definition) is 5. The molecule has 4 N–H and O–H groups in total. The monoisotopic (exact) mass is 335 g/mol. The summed E-state index contributed by atoms with van der Waals surface area (Å²) in [5.74, 6) is 0. The molecule has 0 aliphatic heterocycles. The molecule has 23 heavy (non-hydrogen) atoms. The van der Waals surface area contributed by atoms with Gasteiger partial charge in [-0.3, -0.25) is 0 Å². The molecule has 2 amide bonds. The minimum Gasteiger partial charge on any atom is -0.444 e. The molecule has 0 aromatic heterocycles. The number of halogens is 1. The van der Waals surface area contributed by atoms with E-state index in [0.717, 1.165) is 0 Å². The van der Waals surface area contributed by atoms with Crippen molar-refractivity contribution in [2.24, 2.45) is 5.73 Å². The highest BCUT2D eigenvalue weighted by atomic mass is 19.1. The van der Waals surface area contributed by atoms with E-state index in [4.69, 9.17) is 15.2 Å². The van der Waals surface area contributed by atoms with Crippen molar-refractivity contribution in [1.29, 1.82) is 0 Å². The molecule has 0 radical (unpaired) electrons. The molecule has 1 unspecified atom stereocenters. The summed E-state index contributed by atoms with van der Waals surface area (Å²) < 4.78 is 24.0. The number of carbonyl (C=O) groups is 2. The van der Waals surface area contributed by atoms with Gasteiger partial charge >= 0.3 is 12.2 Å². The smallest absolute Gasteiger partial charge is 0.407 e. The highest BCUT2D eigenvalue weighted by Gasteiger charge is 2.22. The molecule has 0 saturated heterocycles. The molecular formula is C15H30FN3O4. The third-order valence-electron chi connectivity index (χ3n) is 2.41. The Bertz CT molecular complexity index is 391. The number of carbonyl (C=O) groups excluding carboxylic acids is 2. The van der Waals surface area contributed by atoms with Gasteiger partial charge in [-0.05, 0) is 41.5 Å². The molecule has 2 atom stereocenters. The standard InChI is InChI=1S/C15H30FN3O4/c1-14(2,3)22-12(20)18-9-10(16)7-11(8-17)19-13(21)23-15(4,5)6/h10-11H,7-9,17H2,1-6H3,(H,18,20)(H,19,21)/t10?,11-/m1/s1. The van der Waals surface area contributed by atoms with Gasteiger partial charge in [0.2, 0.25) is 0 Å². The Morgan fingerprint density at radius 1 is 1.04 bits per heavy atom. The fraction of sp³-hybridized carbons (Fsp3) is 0.867. The summed E-state index contributed by atoms with van der Waals surface area (Å²) in [6.45, 7) is 10.2. The number of nitrogens with one attached hydrogen (secondary N) is 2. The van der Waals surface area contributed by atoms with Crippen LogP contribution in [-0.2, 0) is 9.47 Å². The molecule has 7 nitrogen and oxygen atoms in total. The Morgan fingerprint density at radius 3 is 1.96 bits per heavy atom. The first-order valence-electron chi connectivity index (χ1n) is 7.63. The van der Waals surface area contributed by atoms with Crippen LogP contribution >= 0.6 is 0 Å². The van der Waals surface area contributed by atoms with Crippen molar-refractivity contribution in [3.8, 4) is 0 Å². The lowest BCUT2D eigenvalue weighted by molar-refractivity contribution is 0.0473. The minimum atomic E-state index is -1.37. The van der Waals surface area contributed by atoms with Gasteiger partial charge in [-0.2, -0.15) is 0 Å². The third kappa shape index (κ3) is 12.6. The predicted octanol–water partition coefficient (Wildman–Crippen LogP) is 2.09. The first-order valence-corrected chi connectivity index (χ1v) is 7.63. The Labute approximate surface area is 137 Å². The number of nitrogens with two attached hydrogens (primary N) is 1. The molecular weight excluding hydrogens is 305 g/mol. The lowest BCUT2D eigenvalue weighted by atomic mass is 10.1. The van der Waals surface area contributed by atoms with Crippen LogP contribution in [0.1, 0.15) is 48.0 Å². The van der Waals surface area contributed by atoms with Crippen molar-refractivity contribution in [1.82, 2.24) is 10.6 Å². The first kappa shape index (κ1) is 21.4. The number of rotatable bonds is 6. The summed E-state index contributed by atoms with van der Waals surface area (Å²) >= 11 is 0. The molecule has 8 heteroatoms. The van der Waals surface area contributed by atoms with Crippen LogP contribution in [0.3, 0.4) is 0 Å². The van der Waals surface area contributed by atoms with Gasteiger partial charge in [0.1, 0.15) is 17.4 Å². The van der Waals surface area contributed by atoms with Gasteiger partial charge in [0, 0.05) is 19.0 Å². The molecule has 0 aromatic rings. The zero-order chi connectivity index (χ0) is 18.3. The Hall–Kier alpha value is -1.57. The van der Waals surface area contributed by atoms with E-state index in [1.807, 2.05) is 0 Å². The number of ether oxygens (including phenoxy) is 2. The van der Waals surface area contributed by atoms with Crippen LogP contribution in [0.15, 0.2) is 0 Å². The highest BCUT2D eigenvalue weighted by molar-refractivity contribution is 5.68. The largest absolute Gasteiger partial charge is 0.444 e. The molecule has 136 valence electrons. The lowest BCUT2D eigenvalue weighted by Crippen LogP contribution is -2.45. The Balaban J connectivity index is 4.21. The number of alkyl halides is 1. The zero-order valence-electron chi connectivity index (χ0n) is 14.9. The molecule has 0 aromatic carbocycles. The molecule has 0 aliphatic carbocycles. The predicted molar refractivity (Wildman–Crippen MR) is 86.0 cm³/mol.